The molecular formula is C18H23N3O2S. The molecule has 1 fully saturated rings. The van der Waals surface area contributed by atoms with Crippen molar-refractivity contribution >= 4 is 28.6 Å². The Hall–Kier alpha value is -1.82. The normalized spacial score (nSPS) is 16.5. The molecule has 1 aliphatic rings. The van der Waals surface area contributed by atoms with E-state index in [1.54, 1.807) is 19.0 Å². The SMILES string of the molecule is C[C@@H](Sc1nc2ccccc2c(=O)n1C1CCCC1)C(=O)N(C)C. The Labute approximate surface area is 146 Å². The van der Waals surface area contributed by atoms with Crippen LogP contribution in [0.2, 0.25) is 0 Å². The number of rotatable bonds is 4. The van der Waals surface area contributed by atoms with Gasteiger partial charge in [-0.2, -0.15) is 0 Å². The van der Waals surface area contributed by atoms with Gasteiger partial charge >= 0.3 is 0 Å². The van der Waals surface area contributed by atoms with Gasteiger partial charge in [0.2, 0.25) is 5.91 Å². The van der Waals surface area contributed by atoms with Gasteiger partial charge in [-0.15, -0.1) is 0 Å². The lowest BCUT2D eigenvalue weighted by Gasteiger charge is -2.21. The number of hydrogen-bond acceptors (Lipinski definition) is 4. The monoisotopic (exact) mass is 345 g/mol. The molecule has 0 N–H and O–H groups in total. The number of nitrogens with zero attached hydrogens (tertiary/aromatic N) is 3. The fourth-order valence-corrected chi connectivity index (χ4v) is 4.39. The third kappa shape index (κ3) is 3.20. The second-order valence-corrected chi connectivity index (χ2v) is 7.83. The minimum Gasteiger partial charge on any atom is -0.348 e. The first kappa shape index (κ1) is 17.0. The van der Waals surface area contributed by atoms with E-state index in [4.69, 9.17) is 4.98 Å². The van der Waals surface area contributed by atoms with Crippen LogP contribution in [-0.2, 0) is 4.79 Å². The van der Waals surface area contributed by atoms with Crippen molar-refractivity contribution in [2.45, 2.75) is 49.1 Å². The van der Waals surface area contributed by atoms with Crippen LogP contribution in [0, 0.1) is 0 Å². The van der Waals surface area contributed by atoms with Gasteiger partial charge in [0.25, 0.3) is 5.56 Å². The molecule has 3 rings (SSSR count). The standard InChI is InChI=1S/C18H23N3O2S/c1-12(16(22)20(2)3)24-18-19-15-11-7-6-10-14(15)17(23)21(18)13-8-4-5-9-13/h6-7,10-13H,4-5,8-9H2,1-3H3/t12-/m1/s1. The molecule has 2 aromatic rings. The van der Waals surface area contributed by atoms with Crippen molar-refractivity contribution in [3.8, 4) is 0 Å². The van der Waals surface area contributed by atoms with Crippen molar-refractivity contribution in [1.29, 1.82) is 0 Å². The first-order valence-corrected chi connectivity index (χ1v) is 9.26. The molecule has 6 heteroatoms. The van der Waals surface area contributed by atoms with Gasteiger partial charge in [-0.3, -0.25) is 14.2 Å². The van der Waals surface area contributed by atoms with Crippen LogP contribution in [0.25, 0.3) is 10.9 Å². The molecule has 0 spiro atoms. The minimum atomic E-state index is -0.277. The molecule has 24 heavy (non-hydrogen) atoms. The number of fused-ring (bicyclic) bond motifs is 1. The maximum absolute atomic E-state index is 13.0. The summed E-state index contributed by atoms with van der Waals surface area (Å²) in [4.78, 5) is 31.6. The van der Waals surface area contributed by atoms with Gasteiger partial charge in [0.05, 0.1) is 16.2 Å². The Balaban J connectivity index is 2.09. The van der Waals surface area contributed by atoms with Gasteiger partial charge in [-0.05, 0) is 31.9 Å². The van der Waals surface area contributed by atoms with Crippen LogP contribution in [0.4, 0.5) is 0 Å². The summed E-state index contributed by atoms with van der Waals surface area (Å²) in [5, 5.41) is 1.04. The number of carbonyl (C=O) groups excluding carboxylic acids is 1. The van der Waals surface area contributed by atoms with E-state index < -0.39 is 0 Å². The van der Waals surface area contributed by atoms with E-state index in [1.807, 2.05) is 35.8 Å². The zero-order valence-corrected chi connectivity index (χ0v) is 15.2. The van der Waals surface area contributed by atoms with Crippen LogP contribution in [0.15, 0.2) is 34.2 Å². The second-order valence-electron chi connectivity index (χ2n) is 6.52. The van der Waals surface area contributed by atoms with Gasteiger partial charge in [0.1, 0.15) is 0 Å². The highest BCUT2D eigenvalue weighted by Gasteiger charge is 2.25. The van der Waals surface area contributed by atoms with Gasteiger partial charge < -0.3 is 4.90 Å². The third-order valence-electron chi connectivity index (χ3n) is 4.54. The van der Waals surface area contributed by atoms with Crippen molar-refractivity contribution in [1.82, 2.24) is 14.5 Å². The predicted octanol–water partition coefficient (Wildman–Crippen LogP) is 3.08. The number of carbonyl (C=O) groups is 1. The molecule has 0 saturated heterocycles. The zero-order valence-electron chi connectivity index (χ0n) is 14.4. The van der Waals surface area contributed by atoms with Crippen LogP contribution in [-0.4, -0.2) is 39.7 Å². The Morgan fingerprint density at radius 2 is 1.96 bits per heavy atom. The molecule has 0 aliphatic heterocycles. The maximum atomic E-state index is 13.0. The Kier molecular flexibility index (Phi) is 4.94. The first-order chi connectivity index (χ1) is 11.5. The van der Waals surface area contributed by atoms with E-state index in [9.17, 15) is 9.59 Å². The molecule has 0 radical (unpaired) electrons. The smallest absolute Gasteiger partial charge is 0.262 e. The van der Waals surface area contributed by atoms with Crippen LogP contribution < -0.4 is 5.56 Å². The fourth-order valence-electron chi connectivity index (χ4n) is 3.27. The average Bonchev–Trinajstić information content (AvgIpc) is 3.08. The predicted molar refractivity (Wildman–Crippen MR) is 97.5 cm³/mol. The molecule has 1 aromatic heterocycles. The van der Waals surface area contributed by atoms with Gasteiger partial charge in [0, 0.05) is 20.1 Å². The highest BCUT2D eigenvalue weighted by Crippen LogP contribution is 2.33. The third-order valence-corrected chi connectivity index (χ3v) is 5.59. The lowest BCUT2D eigenvalue weighted by Crippen LogP contribution is -2.31. The molecule has 1 saturated carbocycles. The number of amides is 1. The van der Waals surface area contributed by atoms with Crippen molar-refractivity contribution in [2.75, 3.05) is 14.1 Å². The number of aromatic nitrogens is 2. The Morgan fingerprint density at radius 3 is 2.62 bits per heavy atom. The van der Waals surface area contributed by atoms with Crippen LogP contribution in [0.3, 0.4) is 0 Å². The molecule has 1 heterocycles. The van der Waals surface area contributed by atoms with Crippen molar-refractivity contribution in [3.05, 3.63) is 34.6 Å². The number of hydrogen-bond donors (Lipinski definition) is 0. The number of benzene rings is 1. The molecule has 5 nitrogen and oxygen atoms in total. The van der Waals surface area contributed by atoms with Crippen molar-refractivity contribution < 1.29 is 4.79 Å². The van der Waals surface area contributed by atoms with Crippen LogP contribution in [0.1, 0.15) is 38.6 Å². The van der Waals surface area contributed by atoms with E-state index in [2.05, 4.69) is 0 Å². The average molecular weight is 345 g/mol. The lowest BCUT2D eigenvalue weighted by molar-refractivity contribution is -0.127. The van der Waals surface area contributed by atoms with Crippen molar-refractivity contribution in [2.24, 2.45) is 0 Å². The van der Waals surface area contributed by atoms with Gasteiger partial charge in [-0.25, -0.2) is 4.98 Å². The summed E-state index contributed by atoms with van der Waals surface area (Å²) in [5.41, 5.74) is 0.711. The van der Waals surface area contributed by atoms with Crippen LogP contribution >= 0.6 is 11.8 Å². The molecule has 1 aromatic carbocycles. The van der Waals surface area contributed by atoms with Gasteiger partial charge in [-0.1, -0.05) is 36.7 Å². The van der Waals surface area contributed by atoms with Crippen LogP contribution in [0.5, 0.6) is 0 Å². The molecule has 1 atom stereocenters. The number of thioether (sulfide) groups is 1. The highest BCUT2D eigenvalue weighted by atomic mass is 32.2. The largest absolute Gasteiger partial charge is 0.348 e. The second kappa shape index (κ2) is 6.97. The fraction of sp³-hybridized carbons (Fsp3) is 0.500. The summed E-state index contributed by atoms with van der Waals surface area (Å²) < 4.78 is 1.83. The quantitative estimate of drug-likeness (QED) is 0.631. The Bertz CT molecular complexity index is 810. The van der Waals surface area contributed by atoms with Crippen molar-refractivity contribution in [3.63, 3.8) is 0 Å². The van der Waals surface area contributed by atoms with E-state index in [-0.39, 0.29) is 22.8 Å². The summed E-state index contributed by atoms with van der Waals surface area (Å²) >= 11 is 1.38. The van der Waals surface area contributed by atoms with E-state index in [0.29, 0.717) is 16.1 Å². The molecular weight excluding hydrogens is 322 g/mol. The lowest BCUT2D eigenvalue weighted by atomic mass is 10.2. The van der Waals surface area contributed by atoms with E-state index in [0.717, 1.165) is 25.7 Å². The summed E-state index contributed by atoms with van der Waals surface area (Å²) in [7, 11) is 3.49. The summed E-state index contributed by atoms with van der Waals surface area (Å²) in [5.74, 6) is 0.0281. The summed E-state index contributed by atoms with van der Waals surface area (Å²) in [6, 6.07) is 7.64. The van der Waals surface area contributed by atoms with E-state index >= 15 is 0 Å². The molecule has 1 amide bonds. The maximum Gasteiger partial charge on any atom is 0.262 e. The number of para-hydroxylation sites is 1. The topological polar surface area (TPSA) is 55.2 Å². The molecule has 128 valence electrons. The Morgan fingerprint density at radius 1 is 1.29 bits per heavy atom. The minimum absolute atomic E-state index is 0.0134. The summed E-state index contributed by atoms with van der Waals surface area (Å²) in [6.45, 7) is 1.87. The zero-order chi connectivity index (χ0) is 17.3. The highest BCUT2D eigenvalue weighted by molar-refractivity contribution is 8.00. The summed E-state index contributed by atoms with van der Waals surface area (Å²) in [6.07, 6.45) is 4.29. The first-order valence-electron chi connectivity index (χ1n) is 8.38. The molecule has 0 unspecified atom stereocenters. The van der Waals surface area contributed by atoms with E-state index in [1.165, 1.54) is 11.8 Å². The van der Waals surface area contributed by atoms with Gasteiger partial charge in [0.15, 0.2) is 5.16 Å². The molecule has 0 bridgehead atoms. The molecule has 1 aliphatic carbocycles.